The lowest BCUT2D eigenvalue weighted by atomic mass is 10.1. The Balaban J connectivity index is 2.44. The van der Waals surface area contributed by atoms with Gasteiger partial charge < -0.3 is 15.5 Å². The van der Waals surface area contributed by atoms with Gasteiger partial charge in [0.15, 0.2) is 0 Å². The largest absolute Gasteiger partial charge is 0.506 e. The van der Waals surface area contributed by atoms with Crippen LogP contribution in [0.15, 0.2) is 30.5 Å². The minimum Gasteiger partial charge on any atom is -0.506 e. The number of aromatic nitrogens is 1. The van der Waals surface area contributed by atoms with Gasteiger partial charge in [-0.05, 0) is 19.1 Å². The fourth-order valence-corrected chi connectivity index (χ4v) is 1.56. The number of benzene rings is 1. The molecule has 2 aromatic rings. The van der Waals surface area contributed by atoms with E-state index in [2.05, 4.69) is 10.3 Å². The Morgan fingerprint density at radius 3 is 2.94 bits per heavy atom. The first-order valence-corrected chi connectivity index (χ1v) is 5.15. The number of pyridine rings is 1. The van der Waals surface area contributed by atoms with Gasteiger partial charge in [-0.3, -0.25) is 9.78 Å². The molecule has 5 nitrogen and oxygen atoms in total. The summed E-state index contributed by atoms with van der Waals surface area (Å²) in [6.45, 7) is 1.56. The van der Waals surface area contributed by atoms with E-state index in [9.17, 15) is 9.90 Å². The summed E-state index contributed by atoms with van der Waals surface area (Å²) in [5, 5.41) is 21.8. The van der Waals surface area contributed by atoms with Crippen molar-refractivity contribution in [1.82, 2.24) is 4.98 Å². The van der Waals surface area contributed by atoms with E-state index in [0.717, 1.165) is 5.39 Å². The van der Waals surface area contributed by atoms with E-state index in [-0.39, 0.29) is 5.75 Å². The number of hydrogen-bond donors (Lipinski definition) is 3. The second-order valence-corrected chi connectivity index (χ2v) is 3.78. The van der Waals surface area contributed by atoms with Crippen LogP contribution >= 0.6 is 0 Å². The Morgan fingerprint density at radius 2 is 2.24 bits per heavy atom. The highest BCUT2D eigenvalue weighted by Crippen LogP contribution is 2.24. The number of rotatable bonds is 3. The fraction of sp³-hybridized carbons (Fsp3) is 0.167. The number of anilines is 1. The van der Waals surface area contributed by atoms with Crippen molar-refractivity contribution in [3.05, 3.63) is 30.5 Å². The minimum absolute atomic E-state index is 0.0842. The molecule has 0 aliphatic rings. The highest BCUT2D eigenvalue weighted by atomic mass is 16.4. The molecule has 5 heteroatoms. The van der Waals surface area contributed by atoms with Crippen LogP contribution in [0.1, 0.15) is 6.92 Å². The number of carboxylic acid groups (broad SMARTS) is 1. The van der Waals surface area contributed by atoms with Crippen molar-refractivity contribution >= 4 is 22.6 Å². The van der Waals surface area contributed by atoms with E-state index in [1.54, 1.807) is 31.2 Å². The number of nitrogens with one attached hydrogen (secondary N) is 1. The molecule has 1 heterocycles. The van der Waals surface area contributed by atoms with E-state index in [0.29, 0.717) is 11.2 Å². The average Bonchev–Trinajstić information content (AvgIpc) is 2.28. The van der Waals surface area contributed by atoms with Crippen molar-refractivity contribution < 1.29 is 15.0 Å². The molecule has 0 aliphatic carbocycles. The molecule has 1 atom stereocenters. The van der Waals surface area contributed by atoms with Gasteiger partial charge in [0.1, 0.15) is 11.8 Å². The van der Waals surface area contributed by atoms with E-state index < -0.39 is 12.0 Å². The SMILES string of the molecule is C[C@H](Nc1cccc2cc(O)cnc12)C(=O)O. The molecule has 0 fully saturated rings. The van der Waals surface area contributed by atoms with Crippen LogP contribution in [0.2, 0.25) is 0 Å². The van der Waals surface area contributed by atoms with Crippen LogP contribution in [-0.4, -0.2) is 27.2 Å². The van der Waals surface area contributed by atoms with E-state index in [4.69, 9.17) is 5.11 Å². The van der Waals surface area contributed by atoms with Gasteiger partial charge in [-0.1, -0.05) is 12.1 Å². The summed E-state index contributed by atoms with van der Waals surface area (Å²) in [5.41, 5.74) is 1.27. The maximum atomic E-state index is 10.8. The number of aliphatic carboxylic acids is 1. The van der Waals surface area contributed by atoms with Gasteiger partial charge in [0.25, 0.3) is 0 Å². The first-order chi connectivity index (χ1) is 8.08. The topological polar surface area (TPSA) is 82.5 Å². The number of carboxylic acids is 1. The van der Waals surface area contributed by atoms with Gasteiger partial charge in [0.05, 0.1) is 17.4 Å². The van der Waals surface area contributed by atoms with Crippen molar-refractivity contribution in [3.63, 3.8) is 0 Å². The summed E-state index contributed by atoms with van der Waals surface area (Å²) < 4.78 is 0. The van der Waals surface area contributed by atoms with Crippen molar-refractivity contribution in [3.8, 4) is 5.75 Å². The molecule has 88 valence electrons. The van der Waals surface area contributed by atoms with Crippen molar-refractivity contribution in [2.24, 2.45) is 0 Å². The summed E-state index contributed by atoms with van der Waals surface area (Å²) in [6, 6.07) is 6.22. The maximum absolute atomic E-state index is 10.8. The fourth-order valence-electron chi connectivity index (χ4n) is 1.56. The lowest BCUT2D eigenvalue weighted by Crippen LogP contribution is -2.25. The van der Waals surface area contributed by atoms with E-state index >= 15 is 0 Å². The Bertz CT molecular complexity index is 569. The molecule has 0 aliphatic heterocycles. The van der Waals surface area contributed by atoms with Crippen LogP contribution in [0.3, 0.4) is 0 Å². The van der Waals surface area contributed by atoms with Crippen LogP contribution < -0.4 is 5.32 Å². The lowest BCUT2D eigenvalue weighted by Gasteiger charge is -2.12. The molecule has 1 aromatic heterocycles. The summed E-state index contributed by atoms with van der Waals surface area (Å²) in [5.74, 6) is -0.846. The van der Waals surface area contributed by atoms with Gasteiger partial charge in [-0.2, -0.15) is 0 Å². The highest BCUT2D eigenvalue weighted by molar-refractivity contribution is 5.92. The second kappa shape index (κ2) is 4.29. The van der Waals surface area contributed by atoms with Crippen LogP contribution in [0.4, 0.5) is 5.69 Å². The van der Waals surface area contributed by atoms with E-state index in [1.807, 2.05) is 0 Å². The Morgan fingerprint density at radius 1 is 1.47 bits per heavy atom. The lowest BCUT2D eigenvalue weighted by molar-refractivity contribution is -0.137. The van der Waals surface area contributed by atoms with Gasteiger partial charge >= 0.3 is 5.97 Å². The Kier molecular flexibility index (Phi) is 2.82. The molecule has 0 amide bonds. The molecule has 0 saturated heterocycles. The highest BCUT2D eigenvalue weighted by Gasteiger charge is 2.12. The third-order valence-corrected chi connectivity index (χ3v) is 2.44. The summed E-state index contributed by atoms with van der Waals surface area (Å²) in [7, 11) is 0. The zero-order valence-corrected chi connectivity index (χ0v) is 9.21. The van der Waals surface area contributed by atoms with Crippen LogP contribution in [0.25, 0.3) is 10.9 Å². The third kappa shape index (κ3) is 2.28. The molecule has 0 spiro atoms. The average molecular weight is 232 g/mol. The number of fused-ring (bicyclic) bond motifs is 1. The smallest absolute Gasteiger partial charge is 0.325 e. The molecule has 0 unspecified atom stereocenters. The summed E-state index contributed by atoms with van der Waals surface area (Å²) in [4.78, 5) is 14.9. The van der Waals surface area contributed by atoms with E-state index in [1.165, 1.54) is 6.20 Å². The summed E-state index contributed by atoms with van der Waals surface area (Å²) >= 11 is 0. The van der Waals surface area contributed by atoms with Crippen molar-refractivity contribution in [2.75, 3.05) is 5.32 Å². The first kappa shape index (κ1) is 11.2. The predicted octanol–water partition coefficient (Wildman–Crippen LogP) is 1.83. The Hall–Kier alpha value is -2.30. The minimum atomic E-state index is -0.930. The Labute approximate surface area is 97.7 Å². The number of para-hydroxylation sites is 1. The molecular formula is C12H12N2O3. The molecular weight excluding hydrogens is 220 g/mol. The summed E-state index contributed by atoms with van der Waals surface area (Å²) in [6.07, 6.45) is 1.33. The van der Waals surface area contributed by atoms with Crippen molar-refractivity contribution in [2.45, 2.75) is 13.0 Å². The van der Waals surface area contributed by atoms with Gasteiger partial charge in [0.2, 0.25) is 0 Å². The van der Waals surface area contributed by atoms with Crippen LogP contribution in [0, 0.1) is 0 Å². The quantitative estimate of drug-likeness (QED) is 0.752. The number of aromatic hydroxyl groups is 1. The zero-order valence-electron chi connectivity index (χ0n) is 9.21. The van der Waals surface area contributed by atoms with Crippen LogP contribution in [-0.2, 0) is 4.79 Å². The number of nitrogens with zero attached hydrogens (tertiary/aromatic N) is 1. The predicted molar refractivity (Wildman–Crippen MR) is 64.1 cm³/mol. The molecule has 3 N–H and O–H groups in total. The van der Waals surface area contributed by atoms with Gasteiger partial charge in [0, 0.05) is 5.39 Å². The monoisotopic (exact) mass is 232 g/mol. The third-order valence-electron chi connectivity index (χ3n) is 2.44. The first-order valence-electron chi connectivity index (χ1n) is 5.15. The maximum Gasteiger partial charge on any atom is 0.325 e. The van der Waals surface area contributed by atoms with Crippen molar-refractivity contribution in [1.29, 1.82) is 0 Å². The molecule has 17 heavy (non-hydrogen) atoms. The normalized spacial score (nSPS) is 12.3. The molecule has 0 radical (unpaired) electrons. The molecule has 2 rings (SSSR count). The molecule has 1 aromatic carbocycles. The van der Waals surface area contributed by atoms with Gasteiger partial charge in [-0.25, -0.2) is 0 Å². The second-order valence-electron chi connectivity index (χ2n) is 3.78. The van der Waals surface area contributed by atoms with Gasteiger partial charge in [-0.15, -0.1) is 0 Å². The number of hydrogen-bond acceptors (Lipinski definition) is 4. The zero-order chi connectivity index (χ0) is 12.4. The number of carbonyl (C=O) groups is 1. The standard InChI is InChI=1S/C12H12N2O3/c1-7(12(16)17)14-10-4-2-3-8-5-9(15)6-13-11(8)10/h2-7,14-15H,1H3,(H,16,17)/t7-/m0/s1. The van der Waals surface area contributed by atoms with Crippen LogP contribution in [0.5, 0.6) is 5.75 Å². The molecule has 0 saturated carbocycles. The molecule has 0 bridgehead atoms.